The van der Waals surface area contributed by atoms with Crippen LogP contribution in [0.5, 0.6) is 0 Å². The van der Waals surface area contributed by atoms with Crippen LogP contribution in [0, 0.1) is 5.92 Å². The fourth-order valence-electron chi connectivity index (χ4n) is 3.16. The number of hydrazine groups is 1. The van der Waals surface area contributed by atoms with Crippen molar-refractivity contribution in [3.05, 3.63) is 60.2 Å². The Kier molecular flexibility index (Phi) is 5.91. The molecule has 142 valence electrons. The molecular formula is C20H22N2O4S. The number of sulfone groups is 1. The molecule has 7 heteroatoms. The molecule has 1 atom stereocenters. The van der Waals surface area contributed by atoms with Crippen molar-refractivity contribution >= 4 is 21.7 Å². The summed E-state index contributed by atoms with van der Waals surface area (Å²) in [4.78, 5) is 23.8. The molecule has 2 N–H and O–H groups in total. The van der Waals surface area contributed by atoms with Gasteiger partial charge in [-0.3, -0.25) is 20.4 Å². The van der Waals surface area contributed by atoms with Crippen molar-refractivity contribution in [3.8, 4) is 11.1 Å². The third-order valence-corrected chi connectivity index (χ3v) is 6.40. The molecule has 2 aromatic rings. The number of carbonyl (C=O) groups is 2. The lowest BCUT2D eigenvalue weighted by Gasteiger charge is -2.10. The lowest BCUT2D eigenvalue weighted by molar-refractivity contribution is -0.129. The largest absolute Gasteiger partial charge is 0.273 e. The van der Waals surface area contributed by atoms with Gasteiger partial charge in [0.25, 0.3) is 0 Å². The summed E-state index contributed by atoms with van der Waals surface area (Å²) in [5.41, 5.74) is 7.76. The first-order valence-electron chi connectivity index (χ1n) is 8.84. The van der Waals surface area contributed by atoms with Gasteiger partial charge in [0.2, 0.25) is 11.8 Å². The molecule has 0 spiro atoms. The summed E-state index contributed by atoms with van der Waals surface area (Å²) in [5.74, 6) is -0.685. The van der Waals surface area contributed by atoms with Gasteiger partial charge in [0.15, 0.2) is 9.84 Å². The van der Waals surface area contributed by atoms with Gasteiger partial charge < -0.3 is 0 Å². The van der Waals surface area contributed by atoms with Crippen molar-refractivity contribution in [1.29, 1.82) is 0 Å². The van der Waals surface area contributed by atoms with E-state index in [2.05, 4.69) is 10.9 Å². The second-order valence-corrected chi connectivity index (χ2v) is 9.04. The van der Waals surface area contributed by atoms with Crippen LogP contribution in [0.3, 0.4) is 0 Å². The van der Waals surface area contributed by atoms with Crippen molar-refractivity contribution < 1.29 is 18.0 Å². The average Bonchev–Trinajstić information content (AvgIpc) is 3.00. The zero-order valence-corrected chi connectivity index (χ0v) is 15.7. The summed E-state index contributed by atoms with van der Waals surface area (Å²) in [7, 11) is -3.00. The summed E-state index contributed by atoms with van der Waals surface area (Å²) in [6, 6.07) is 17.6. The van der Waals surface area contributed by atoms with Crippen LogP contribution >= 0.6 is 0 Å². The van der Waals surface area contributed by atoms with Gasteiger partial charge in [-0.25, -0.2) is 8.42 Å². The predicted octanol–water partition coefficient (Wildman–Crippen LogP) is 1.87. The number of nitrogens with one attached hydrogen (secondary N) is 2. The van der Waals surface area contributed by atoms with Crippen molar-refractivity contribution in [2.24, 2.45) is 5.92 Å². The lowest BCUT2D eigenvalue weighted by Crippen LogP contribution is -2.43. The Hall–Kier alpha value is -2.67. The van der Waals surface area contributed by atoms with E-state index in [0.29, 0.717) is 6.42 Å². The third-order valence-electron chi connectivity index (χ3n) is 4.57. The predicted molar refractivity (Wildman–Crippen MR) is 103 cm³/mol. The molecule has 0 saturated carbocycles. The molecule has 2 aromatic carbocycles. The molecule has 3 rings (SSSR count). The van der Waals surface area contributed by atoms with Crippen molar-refractivity contribution in [3.63, 3.8) is 0 Å². The molecule has 1 aliphatic heterocycles. The van der Waals surface area contributed by atoms with Crippen LogP contribution < -0.4 is 10.9 Å². The standard InChI is InChI=1S/C20H22N2O4S/c23-19(21-22-20(24)13-16-10-11-27(25,26)14-16)12-15-6-8-18(9-7-15)17-4-2-1-3-5-17/h1-9,16H,10-14H2,(H,21,23)(H,22,24). The topological polar surface area (TPSA) is 92.3 Å². The minimum Gasteiger partial charge on any atom is -0.273 e. The minimum absolute atomic E-state index is 0.0438. The Bertz CT molecular complexity index is 909. The van der Waals surface area contributed by atoms with Crippen molar-refractivity contribution in [2.45, 2.75) is 19.3 Å². The number of rotatable bonds is 5. The molecule has 1 unspecified atom stereocenters. The molecule has 2 amide bonds. The fraction of sp³-hybridized carbons (Fsp3) is 0.300. The SMILES string of the molecule is O=C(Cc1ccc(-c2ccccc2)cc1)NNC(=O)CC1CCS(=O)(=O)C1. The Morgan fingerprint density at radius 2 is 1.52 bits per heavy atom. The molecule has 0 bridgehead atoms. The van der Waals surface area contributed by atoms with Crippen LogP contribution in [0.4, 0.5) is 0 Å². The van der Waals surface area contributed by atoms with Gasteiger partial charge in [0.1, 0.15) is 0 Å². The highest BCUT2D eigenvalue weighted by molar-refractivity contribution is 7.91. The van der Waals surface area contributed by atoms with E-state index in [-0.39, 0.29) is 42.1 Å². The number of amides is 2. The minimum atomic E-state index is -3.00. The fourth-order valence-corrected chi connectivity index (χ4v) is 5.02. The van der Waals surface area contributed by atoms with Gasteiger partial charge in [-0.15, -0.1) is 0 Å². The van der Waals surface area contributed by atoms with Gasteiger partial charge in [0, 0.05) is 6.42 Å². The maximum atomic E-state index is 12.0. The summed E-state index contributed by atoms with van der Waals surface area (Å²) in [6.07, 6.45) is 0.746. The Morgan fingerprint density at radius 1 is 0.889 bits per heavy atom. The van der Waals surface area contributed by atoms with E-state index in [9.17, 15) is 18.0 Å². The smallest absolute Gasteiger partial charge is 0.242 e. The summed E-state index contributed by atoms with van der Waals surface area (Å²) < 4.78 is 22.8. The van der Waals surface area contributed by atoms with Gasteiger partial charge in [0.05, 0.1) is 17.9 Å². The molecule has 0 aliphatic carbocycles. The molecule has 0 radical (unpaired) electrons. The van der Waals surface area contributed by atoms with E-state index in [1.807, 2.05) is 54.6 Å². The zero-order valence-electron chi connectivity index (χ0n) is 14.9. The maximum Gasteiger partial charge on any atom is 0.242 e. The molecule has 6 nitrogen and oxygen atoms in total. The zero-order chi connectivity index (χ0) is 19.3. The molecule has 1 fully saturated rings. The number of hydrogen-bond donors (Lipinski definition) is 2. The number of benzene rings is 2. The number of carbonyl (C=O) groups excluding carboxylic acids is 2. The van der Waals surface area contributed by atoms with E-state index in [1.54, 1.807) is 0 Å². The lowest BCUT2D eigenvalue weighted by atomic mass is 10.0. The summed E-state index contributed by atoms with van der Waals surface area (Å²) in [5, 5.41) is 0. The first-order valence-corrected chi connectivity index (χ1v) is 10.7. The van der Waals surface area contributed by atoms with Crippen molar-refractivity contribution in [1.82, 2.24) is 10.9 Å². The Labute approximate surface area is 158 Å². The summed E-state index contributed by atoms with van der Waals surface area (Å²) in [6.45, 7) is 0. The van der Waals surface area contributed by atoms with E-state index in [4.69, 9.17) is 0 Å². The normalized spacial score (nSPS) is 18.0. The highest BCUT2D eigenvalue weighted by Gasteiger charge is 2.29. The number of hydrogen-bond acceptors (Lipinski definition) is 4. The van der Waals surface area contributed by atoms with E-state index in [0.717, 1.165) is 16.7 Å². The van der Waals surface area contributed by atoms with Gasteiger partial charge in [-0.05, 0) is 29.0 Å². The van der Waals surface area contributed by atoms with Gasteiger partial charge in [-0.2, -0.15) is 0 Å². The summed E-state index contributed by atoms with van der Waals surface area (Å²) >= 11 is 0. The molecule has 1 heterocycles. The van der Waals surface area contributed by atoms with Gasteiger partial charge in [-0.1, -0.05) is 54.6 Å². The second-order valence-electron chi connectivity index (χ2n) is 6.81. The van der Waals surface area contributed by atoms with Crippen LogP contribution in [-0.4, -0.2) is 31.7 Å². The highest BCUT2D eigenvalue weighted by atomic mass is 32.2. The molecular weight excluding hydrogens is 364 g/mol. The van der Waals surface area contributed by atoms with E-state index < -0.39 is 9.84 Å². The van der Waals surface area contributed by atoms with Crippen LogP contribution in [0.15, 0.2) is 54.6 Å². The van der Waals surface area contributed by atoms with Crippen LogP contribution in [0.25, 0.3) is 11.1 Å². The van der Waals surface area contributed by atoms with Gasteiger partial charge >= 0.3 is 0 Å². The third kappa shape index (κ3) is 5.65. The molecule has 1 saturated heterocycles. The van der Waals surface area contributed by atoms with Crippen molar-refractivity contribution in [2.75, 3.05) is 11.5 Å². The van der Waals surface area contributed by atoms with E-state index in [1.165, 1.54) is 0 Å². The Balaban J connectivity index is 1.44. The maximum absolute atomic E-state index is 12.0. The molecule has 1 aliphatic rings. The molecule has 0 aromatic heterocycles. The van der Waals surface area contributed by atoms with Crippen LogP contribution in [0.1, 0.15) is 18.4 Å². The highest BCUT2D eigenvalue weighted by Crippen LogP contribution is 2.21. The average molecular weight is 386 g/mol. The van der Waals surface area contributed by atoms with E-state index >= 15 is 0 Å². The van der Waals surface area contributed by atoms with Crippen LogP contribution in [-0.2, 0) is 25.8 Å². The monoisotopic (exact) mass is 386 g/mol. The first-order chi connectivity index (χ1) is 12.9. The quantitative estimate of drug-likeness (QED) is 0.768. The second kappa shape index (κ2) is 8.35. The first kappa shape index (κ1) is 19.1. The molecule has 27 heavy (non-hydrogen) atoms. The Morgan fingerprint density at radius 3 is 2.15 bits per heavy atom. The van der Waals surface area contributed by atoms with Crippen LogP contribution in [0.2, 0.25) is 0 Å².